The third kappa shape index (κ3) is 4.33. The minimum Gasteiger partial charge on any atom is -0.508 e. The zero-order valence-corrected chi connectivity index (χ0v) is 17.6. The molecule has 0 radical (unpaired) electrons. The van der Waals surface area contributed by atoms with Gasteiger partial charge in [-0.25, -0.2) is 0 Å². The molecule has 0 spiro atoms. The Labute approximate surface area is 167 Å². The second-order valence-electron chi connectivity index (χ2n) is 8.53. The molecule has 0 amide bonds. The summed E-state index contributed by atoms with van der Waals surface area (Å²) in [5, 5.41) is 20.4. The maximum Gasteiger partial charge on any atom is 0.138 e. The number of hydrogen-bond acceptors (Lipinski definition) is 4. The van der Waals surface area contributed by atoms with E-state index in [1.165, 1.54) is 5.57 Å². The van der Waals surface area contributed by atoms with Crippen molar-refractivity contribution in [2.45, 2.75) is 66.1 Å². The first kappa shape index (κ1) is 20.3. The first-order valence-electron chi connectivity index (χ1n) is 9.71. The summed E-state index contributed by atoms with van der Waals surface area (Å²) in [6.07, 6.45) is 3.18. The van der Waals surface area contributed by atoms with E-state index in [0.717, 1.165) is 40.2 Å². The Hall–Kier alpha value is -2.46. The van der Waals surface area contributed by atoms with Gasteiger partial charge in [-0.05, 0) is 77.3 Å². The van der Waals surface area contributed by atoms with E-state index in [2.05, 4.69) is 26.8 Å². The van der Waals surface area contributed by atoms with E-state index in [0.29, 0.717) is 12.2 Å². The number of rotatable bonds is 5. The van der Waals surface area contributed by atoms with Crippen molar-refractivity contribution < 1.29 is 19.7 Å². The first-order valence-corrected chi connectivity index (χ1v) is 9.71. The van der Waals surface area contributed by atoms with Crippen LogP contribution in [-0.2, 0) is 12.8 Å². The SMILES string of the molecule is CC(C)=CCc1c(C)cc2c(c1Oc1cc(C)cc(O)c1)C[C@H](C(C)(C)O)O2. The molecule has 3 rings (SSSR count). The topological polar surface area (TPSA) is 58.9 Å². The first-order chi connectivity index (χ1) is 13.0. The van der Waals surface area contributed by atoms with Gasteiger partial charge in [0.05, 0.1) is 5.60 Å². The van der Waals surface area contributed by atoms with Crippen molar-refractivity contribution in [3.63, 3.8) is 0 Å². The number of benzene rings is 2. The fraction of sp³-hybridized carbons (Fsp3) is 0.417. The average molecular weight is 383 g/mol. The van der Waals surface area contributed by atoms with Crippen LogP contribution >= 0.6 is 0 Å². The van der Waals surface area contributed by atoms with E-state index in [4.69, 9.17) is 9.47 Å². The number of phenolic OH excluding ortho intramolecular Hbond substituents is 1. The van der Waals surface area contributed by atoms with E-state index >= 15 is 0 Å². The second kappa shape index (κ2) is 7.51. The van der Waals surface area contributed by atoms with Gasteiger partial charge in [0.15, 0.2) is 0 Å². The molecular formula is C24H30O4. The van der Waals surface area contributed by atoms with Crippen LogP contribution in [0.1, 0.15) is 49.9 Å². The molecule has 4 nitrogen and oxygen atoms in total. The van der Waals surface area contributed by atoms with Gasteiger partial charge in [-0.3, -0.25) is 0 Å². The molecule has 0 aromatic heterocycles. The molecule has 2 N–H and O–H groups in total. The van der Waals surface area contributed by atoms with E-state index in [-0.39, 0.29) is 11.9 Å². The van der Waals surface area contributed by atoms with Gasteiger partial charge in [-0.15, -0.1) is 0 Å². The Morgan fingerprint density at radius 1 is 1.21 bits per heavy atom. The minimum atomic E-state index is -0.953. The molecule has 1 heterocycles. The summed E-state index contributed by atoms with van der Waals surface area (Å²) in [7, 11) is 0. The van der Waals surface area contributed by atoms with Crippen molar-refractivity contribution in [3.05, 3.63) is 58.2 Å². The van der Waals surface area contributed by atoms with Crippen LogP contribution in [0.25, 0.3) is 0 Å². The largest absolute Gasteiger partial charge is 0.508 e. The number of ether oxygens (including phenoxy) is 2. The zero-order valence-electron chi connectivity index (χ0n) is 17.6. The van der Waals surface area contributed by atoms with Gasteiger partial charge >= 0.3 is 0 Å². The average Bonchev–Trinajstić information content (AvgIpc) is 2.97. The number of aliphatic hydroxyl groups is 1. The third-order valence-electron chi connectivity index (χ3n) is 5.09. The normalized spacial score (nSPS) is 15.8. The Bertz CT molecular complexity index is 895. The van der Waals surface area contributed by atoms with Crippen LogP contribution in [0.2, 0.25) is 0 Å². The zero-order chi connectivity index (χ0) is 20.6. The summed E-state index contributed by atoms with van der Waals surface area (Å²) in [6, 6.07) is 7.26. The predicted octanol–water partition coefficient (Wildman–Crippen LogP) is 5.38. The summed E-state index contributed by atoms with van der Waals surface area (Å²) < 4.78 is 12.4. The van der Waals surface area contributed by atoms with Crippen LogP contribution in [0.15, 0.2) is 35.9 Å². The molecule has 0 saturated heterocycles. The van der Waals surface area contributed by atoms with Gasteiger partial charge in [0, 0.05) is 23.6 Å². The fourth-order valence-electron chi connectivity index (χ4n) is 3.50. The molecule has 150 valence electrons. The monoisotopic (exact) mass is 382 g/mol. The number of aromatic hydroxyl groups is 1. The van der Waals surface area contributed by atoms with Crippen molar-refractivity contribution in [1.29, 1.82) is 0 Å². The second-order valence-corrected chi connectivity index (χ2v) is 8.53. The number of aryl methyl sites for hydroxylation is 2. The van der Waals surface area contributed by atoms with E-state index in [1.807, 2.05) is 19.1 Å². The highest BCUT2D eigenvalue weighted by Crippen LogP contribution is 2.44. The number of fused-ring (bicyclic) bond motifs is 1. The Morgan fingerprint density at radius 3 is 2.54 bits per heavy atom. The van der Waals surface area contributed by atoms with Gasteiger partial charge in [-0.2, -0.15) is 0 Å². The lowest BCUT2D eigenvalue weighted by Gasteiger charge is -2.24. The van der Waals surface area contributed by atoms with Crippen LogP contribution in [0.3, 0.4) is 0 Å². The van der Waals surface area contributed by atoms with Crippen molar-refractivity contribution in [3.8, 4) is 23.0 Å². The number of phenols is 1. The van der Waals surface area contributed by atoms with Crippen molar-refractivity contribution >= 4 is 0 Å². The summed E-state index contributed by atoms with van der Waals surface area (Å²) in [6.45, 7) is 11.7. The summed E-state index contributed by atoms with van der Waals surface area (Å²) in [4.78, 5) is 0. The molecular weight excluding hydrogens is 352 g/mol. The van der Waals surface area contributed by atoms with E-state index in [1.54, 1.807) is 26.0 Å². The molecule has 1 aliphatic rings. The minimum absolute atomic E-state index is 0.177. The standard InChI is InChI=1S/C24H30O4/c1-14(2)7-8-19-16(4)11-21-20(13-22(28-21)24(5,6)26)23(19)27-18-10-15(3)9-17(25)12-18/h7,9-12,22,25-26H,8,13H2,1-6H3/t22-/m1/s1. The van der Waals surface area contributed by atoms with Crippen molar-refractivity contribution in [1.82, 2.24) is 0 Å². The number of allylic oxidation sites excluding steroid dienone is 2. The molecule has 0 fully saturated rings. The summed E-state index contributed by atoms with van der Waals surface area (Å²) >= 11 is 0. The molecule has 0 bridgehead atoms. The van der Waals surface area contributed by atoms with Crippen molar-refractivity contribution in [2.24, 2.45) is 0 Å². The Morgan fingerprint density at radius 2 is 1.93 bits per heavy atom. The molecule has 1 atom stereocenters. The molecule has 2 aromatic carbocycles. The smallest absolute Gasteiger partial charge is 0.138 e. The van der Waals surface area contributed by atoms with Gasteiger partial charge < -0.3 is 19.7 Å². The summed E-state index contributed by atoms with van der Waals surface area (Å²) in [5.74, 6) is 2.30. The lowest BCUT2D eigenvalue weighted by atomic mass is 9.93. The van der Waals surface area contributed by atoms with E-state index < -0.39 is 5.60 Å². The highest BCUT2D eigenvalue weighted by Gasteiger charge is 2.37. The maximum atomic E-state index is 10.4. The van der Waals surface area contributed by atoms with E-state index in [9.17, 15) is 10.2 Å². The van der Waals surface area contributed by atoms with Crippen LogP contribution in [0.5, 0.6) is 23.0 Å². The highest BCUT2D eigenvalue weighted by molar-refractivity contribution is 5.58. The van der Waals surface area contributed by atoms with Gasteiger partial charge in [0.25, 0.3) is 0 Å². The molecule has 1 aliphatic heterocycles. The molecule has 28 heavy (non-hydrogen) atoms. The predicted molar refractivity (Wildman–Crippen MR) is 112 cm³/mol. The molecule has 4 heteroatoms. The lowest BCUT2D eigenvalue weighted by Crippen LogP contribution is -2.39. The van der Waals surface area contributed by atoms with Crippen molar-refractivity contribution in [2.75, 3.05) is 0 Å². The lowest BCUT2D eigenvalue weighted by molar-refractivity contribution is -0.0229. The van der Waals surface area contributed by atoms with Crippen LogP contribution in [0.4, 0.5) is 0 Å². The quantitative estimate of drug-likeness (QED) is 0.681. The Kier molecular flexibility index (Phi) is 5.44. The van der Waals surface area contributed by atoms with Crippen LogP contribution < -0.4 is 9.47 Å². The Balaban J connectivity index is 2.10. The molecule has 0 saturated carbocycles. The van der Waals surface area contributed by atoms with Gasteiger partial charge in [0.1, 0.15) is 29.1 Å². The van der Waals surface area contributed by atoms with Gasteiger partial charge in [-0.1, -0.05) is 11.6 Å². The third-order valence-corrected chi connectivity index (χ3v) is 5.09. The molecule has 2 aromatic rings. The number of hydrogen-bond donors (Lipinski definition) is 2. The van der Waals surface area contributed by atoms with Gasteiger partial charge in [0.2, 0.25) is 0 Å². The maximum absolute atomic E-state index is 10.4. The van der Waals surface area contributed by atoms with Crippen LogP contribution in [-0.4, -0.2) is 21.9 Å². The molecule has 0 unspecified atom stereocenters. The molecule has 0 aliphatic carbocycles. The fourth-order valence-corrected chi connectivity index (χ4v) is 3.50. The summed E-state index contributed by atoms with van der Waals surface area (Å²) in [5.41, 5.74) is 4.36. The van der Waals surface area contributed by atoms with Crippen LogP contribution in [0, 0.1) is 13.8 Å². The highest BCUT2D eigenvalue weighted by atomic mass is 16.5.